The highest BCUT2D eigenvalue weighted by molar-refractivity contribution is 6.48. The first-order chi connectivity index (χ1) is 54.2. The average Bonchev–Trinajstić information content (AvgIpc) is 1.56. The smallest absolute Gasteiger partial charge is 0.337 e. The summed E-state index contributed by atoms with van der Waals surface area (Å²) in [5, 5.41) is 49.6. The number of amides is 3. The maximum absolute atomic E-state index is 13.9. The highest BCUT2D eigenvalue weighted by Gasteiger charge is 2.52. The van der Waals surface area contributed by atoms with E-state index < -0.39 is 29.2 Å². The number of carboxylic acids is 2. The van der Waals surface area contributed by atoms with Crippen LogP contribution in [0.2, 0.25) is 30.1 Å². The quantitative estimate of drug-likeness (QED) is 0.0469. The van der Waals surface area contributed by atoms with Gasteiger partial charge in [-0.3, -0.25) is 34.0 Å². The van der Waals surface area contributed by atoms with Gasteiger partial charge in [-0.2, -0.15) is 10.4 Å². The van der Waals surface area contributed by atoms with Crippen LogP contribution in [0, 0.1) is 34.0 Å². The van der Waals surface area contributed by atoms with E-state index in [1.807, 2.05) is 34.1 Å². The van der Waals surface area contributed by atoms with E-state index in [2.05, 4.69) is 114 Å². The number of hydrogen-bond donors (Lipinski definition) is 7. The molecular formula is C84H103Cl8N15O10. The molecule has 2 spiro atoms. The first-order valence-electron chi connectivity index (χ1n) is 37.9. The monoisotopic (exact) mass is 1760 g/mol. The number of hydrogen-bond acceptors (Lipinski definition) is 18. The van der Waals surface area contributed by atoms with Gasteiger partial charge in [0.15, 0.2) is 11.6 Å². The molecule has 3 amide bonds. The number of methoxy groups -OCH3 is 1. The number of aliphatic carboxylic acids is 1. The highest BCUT2D eigenvalue weighted by atomic mass is 35.5. The summed E-state index contributed by atoms with van der Waals surface area (Å²) in [5.74, 6) is -0.00727. The van der Waals surface area contributed by atoms with E-state index in [1.54, 1.807) is 110 Å². The minimum atomic E-state index is -0.973. The number of aromatic carboxylic acids is 1. The number of aromatic amines is 2. The molecule has 6 aromatic carbocycles. The molecule has 25 nitrogen and oxygen atoms in total. The van der Waals surface area contributed by atoms with Gasteiger partial charge < -0.3 is 41.5 Å². The second-order valence-electron chi connectivity index (χ2n) is 32.3. The van der Waals surface area contributed by atoms with Crippen LogP contribution in [-0.2, 0) is 56.6 Å². The van der Waals surface area contributed by atoms with E-state index in [1.165, 1.54) is 7.11 Å². The largest absolute Gasteiger partial charge is 0.481 e. The molecule has 33 heteroatoms. The molecule has 0 bridgehead atoms. The Kier molecular flexibility index (Phi) is 36.2. The number of nitrogens with one attached hydrogen (secondary N) is 3. The zero-order valence-corrected chi connectivity index (χ0v) is 73.5. The van der Waals surface area contributed by atoms with Crippen molar-refractivity contribution in [3.8, 4) is 0 Å². The Morgan fingerprint density at radius 1 is 0.521 bits per heavy atom. The molecule has 2 aromatic heterocycles. The number of aliphatic imine (C=N–C) groups is 2. The Morgan fingerprint density at radius 2 is 0.880 bits per heavy atom. The number of carbonyl (C=O) groups excluding carboxylic acids is 5. The fourth-order valence-corrected chi connectivity index (χ4v) is 16.0. The van der Waals surface area contributed by atoms with Gasteiger partial charge in [-0.15, -0.1) is 45.2 Å². The zero-order valence-electron chi connectivity index (χ0n) is 67.3. The Labute approximate surface area is 725 Å². The van der Waals surface area contributed by atoms with Crippen molar-refractivity contribution in [1.29, 1.82) is 0 Å². The molecule has 0 radical (unpaired) electrons. The summed E-state index contributed by atoms with van der Waals surface area (Å²) in [5.41, 5.74) is 16.8. The highest BCUT2D eigenvalue weighted by Crippen LogP contribution is 2.49. The maximum atomic E-state index is 13.9. The Balaban J connectivity index is 0.000000242. The van der Waals surface area contributed by atoms with Crippen LogP contribution < -0.4 is 16.8 Å². The minimum Gasteiger partial charge on any atom is -0.481 e. The third kappa shape index (κ3) is 27.5. The lowest BCUT2D eigenvalue weighted by Crippen LogP contribution is -2.49. The summed E-state index contributed by atoms with van der Waals surface area (Å²) in [7, 11) is 1.36. The molecular weight excluding hydrogens is 1660 g/mol. The lowest BCUT2D eigenvalue weighted by Gasteiger charge is -2.45. The van der Waals surface area contributed by atoms with E-state index in [0.29, 0.717) is 130 Å². The number of ether oxygens (including phenoxy) is 1. The van der Waals surface area contributed by atoms with Crippen LogP contribution in [0.4, 0.5) is 0 Å². The molecule has 5 aliphatic rings. The number of nitrogens with zero attached hydrogens (tertiary/aromatic N) is 10. The number of aromatic nitrogens is 8. The molecule has 0 saturated heterocycles. The number of esters is 1. The third-order valence-corrected chi connectivity index (χ3v) is 22.7. The number of H-pyrrole nitrogens is 2. The van der Waals surface area contributed by atoms with Crippen LogP contribution in [0.25, 0.3) is 0 Å². The van der Waals surface area contributed by atoms with E-state index in [-0.39, 0.29) is 71.4 Å². The summed E-state index contributed by atoms with van der Waals surface area (Å²) < 4.78 is 4.54. The van der Waals surface area contributed by atoms with Crippen LogP contribution in [0.5, 0.6) is 0 Å². The molecule has 8 aromatic rings. The van der Waals surface area contributed by atoms with Gasteiger partial charge in [0.25, 0.3) is 17.7 Å². The van der Waals surface area contributed by atoms with Gasteiger partial charge in [-0.25, -0.2) is 9.59 Å². The van der Waals surface area contributed by atoms with Gasteiger partial charge in [0.05, 0.1) is 37.2 Å². The first kappa shape index (κ1) is 97.4. The standard InChI is InChI=1S/C28H31Cl2N7O2.C26H28Cl2N2O3.C10H18O.C9H8Cl2O2.C9H11NO2.C2H5N5.2ClH/c1-27(2,3)20-8-10-28(11-9-20)32-24(19-12-21(29)14-22(30)13-19)26(39)37(28)16-17-4-6-18(7-5-17)25(38)31-15-23-33-35-36-34-23;1-25(2,3)19-8-10-26(11-9-19)29-22(18-12-20(27)14-21(28)13-18)23(31)30(26)15-16-4-6-17(7-5-16)24(32)33;1-10(2,3)8-4-6-9(11)7-5-8;1-5(9(12)13)6-2-7(10)4-8(11)3-6;1-12-9(11)8-4-2-7(6-10)3-5-8;3-1-2-4-6-7-5-2;;/h4-7,12-14,20H,8-11,15-16H2,1-3H3,(H,31,38)(H,33,34,35,36);4-7,12-14,19H,8-11,15H2,1-3H3,(H,32,33);8H,4-7H2,1-3H3;2-5H,1H3,(H,12,13);2-5H,6,10H2,1H3;1,3H2,(H,4,5,6,7);2*1H. The summed E-state index contributed by atoms with van der Waals surface area (Å²) in [6, 6.07) is 35.9. The fourth-order valence-electron chi connectivity index (χ4n) is 14.5. The van der Waals surface area contributed by atoms with E-state index in [0.717, 1.165) is 99.7 Å². The van der Waals surface area contributed by atoms with Crippen LogP contribution in [0.3, 0.4) is 0 Å². The number of halogens is 8. The van der Waals surface area contributed by atoms with E-state index in [4.69, 9.17) is 96.2 Å². The summed E-state index contributed by atoms with van der Waals surface area (Å²) in [4.78, 5) is 97.7. The number of nitrogens with two attached hydrogens (primary N) is 2. The van der Waals surface area contributed by atoms with Crippen molar-refractivity contribution in [2.75, 3.05) is 7.11 Å². The zero-order chi connectivity index (χ0) is 84.3. The molecule has 4 heterocycles. The maximum Gasteiger partial charge on any atom is 0.337 e. The van der Waals surface area contributed by atoms with Crippen LogP contribution in [0.15, 0.2) is 137 Å². The van der Waals surface area contributed by atoms with E-state index in [9.17, 15) is 38.7 Å². The molecule has 9 N–H and O–H groups in total. The van der Waals surface area contributed by atoms with Gasteiger partial charge in [0, 0.05) is 79.3 Å². The third-order valence-electron chi connectivity index (χ3n) is 21.4. The SMILES string of the molecule is CC(C(=O)O)c1cc(Cl)cc(Cl)c1.CC(C)(C)C1CCC(=O)CC1.CC(C)(C)C1CCC2(CC1)N=C(c1cc(Cl)cc(Cl)c1)C(=O)N2Cc1ccc(C(=O)NCc2nn[nH]n2)cc1.CC(C)(C)C1CCC2(CC1)N=C(c1cc(Cl)cc(Cl)c1)C(=O)N2Cc1ccc(C(=O)O)cc1.COC(=O)c1ccc(CN)cc1.Cl.Cl.NCc1nn[nH]n1. The molecule has 13 rings (SSSR count). The number of carbonyl (C=O) groups is 7. The number of tetrazole rings is 2. The Bertz CT molecular complexity index is 4660. The summed E-state index contributed by atoms with van der Waals surface area (Å²) in [6.45, 7) is 23.8. The van der Waals surface area contributed by atoms with Crippen molar-refractivity contribution < 1.29 is 48.5 Å². The van der Waals surface area contributed by atoms with Crippen molar-refractivity contribution in [3.63, 3.8) is 0 Å². The van der Waals surface area contributed by atoms with Gasteiger partial charge in [0.2, 0.25) is 0 Å². The van der Waals surface area contributed by atoms with Gasteiger partial charge >= 0.3 is 17.9 Å². The summed E-state index contributed by atoms with van der Waals surface area (Å²) in [6.07, 6.45) is 11.0. The van der Waals surface area contributed by atoms with Crippen LogP contribution in [0.1, 0.15) is 228 Å². The van der Waals surface area contributed by atoms with Crippen molar-refractivity contribution in [3.05, 3.63) is 219 Å². The van der Waals surface area contributed by atoms with Crippen LogP contribution >= 0.6 is 94.4 Å². The second-order valence-corrected chi connectivity index (χ2v) is 35.0. The van der Waals surface area contributed by atoms with Gasteiger partial charge in [-0.1, -0.05) is 179 Å². The predicted octanol–water partition coefficient (Wildman–Crippen LogP) is 18.1. The average molecular weight is 1770 g/mol. The van der Waals surface area contributed by atoms with Crippen molar-refractivity contribution >= 4 is 147 Å². The van der Waals surface area contributed by atoms with Gasteiger partial charge in [0.1, 0.15) is 28.5 Å². The molecule has 117 heavy (non-hydrogen) atoms. The lowest BCUT2D eigenvalue weighted by molar-refractivity contribution is -0.138. The molecule has 1 unspecified atom stereocenters. The normalized spacial score (nSPS) is 18.7. The second kappa shape index (κ2) is 43.5. The van der Waals surface area contributed by atoms with Gasteiger partial charge in [-0.05, 0) is 218 Å². The fraction of sp³-hybridized carbons (Fsp3) is 0.440. The predicted molar refractivity (Wildman–Crippen MR) is 462 cm³/mol. The number of carboxylic acid groups (broad SMARTS) is 2. The minimum absolute atomic E-state index is 0. The van der Waals surface area contributed by atoms with Crippen molar-refractivity contribution in [2.24, 2.45) is 55.5 Å². The first-order valence-corrected chi connectivity index (χ1v) is 40.2. The Hall–Kier alpha value is -8.47. The number of benzene rings is 6. The Morgan fingerprint density at radius 3 is 1.21 bits per heavy atom. The van der Waals surface area contributed by atoms with Crippen molar-refractivity contribution in [2.45, 2.75) is 196 Å². The molecule has 630 valence electrons. The number of ketones is 1. The van der Waals surface area contributed by atoms with Crippen LogP contribution in [-0.4, -0.2) is 133 Å². The lowest BCUT2D eigenvalue weighted by atomic mass is 9.69. The molecule has 2 aliphatic heterocycles. The molecule has 1 atom stereocenters. The van der Waals surface area contributed by atoms with Crippen molar-refractivity contribution in [1.82, 2.24) is 56.4 Å². The molecule has 3 fully saturated rings. The number of rotatable bonds is 15. The summed E-state index contributed by atoms with van der Waals surface area (Å²) >= 11 is 36.4. The topological polar surface area (TPSA) is 373 Å². The molecule has 3 saturated carbocycles. The molecule has 3 aliphatic carbocycles. The van der Waals surface area contributed by atoms with E-state index >= 15 is 0 Å². The number of Topliss-reactive ketones (excluding diaryl/α,β-unsaturated/α-hetero) is 1.